The summed E-state index contributed by atoms with van der Waals surface area (Å²) >= 11 is 0. The van der Waals surface area contributed by atoms with E-state index < -0.39 is 0 Å². The summed E-state index contributed by atoms with van der Waals surface area (Å²) in [5.74, 6) is 0.827. The third-order valence-electron chi connectivity index (χ3n) is 2.41. The van der Waals surface area contributed by atoms with Crippen molar-refractivity contribution in [2.75, 3.05) is 0 Å². The van der Waals surface area contributed by atoms with E-state index in [9.17, 15) is 0 Å². The molecule has 19 heavy (non-hydrogen) atoms. The maximum absolute atomic E-state index is 8.89. The third kappa shape index (κ3) is 2.47. The highest BCUT2D eigenvalue weighted by atomic mass is 16.5. The second-order valence-corrected chi connectivity index (χ2v) is 3.79. The minimum Gasteiger partial charge on any atom is -0.390 e. The number of pyridine rings is 1. The van der Waals surface area contributed by atoms with E-state index in [0.29, 0.717) is 29.6 Å². The molecule has 0 saturated heterocycles. The van der Waals surface area contributed by atoms with Crippen LogP contribution in [0.3, 0.4) is 0 Å². The van der Waals surface area contributed by atoms with Gasteiger partial charge in [-0.05, 0) is 12.1 Å². The highest BCUT2D eigenvalue weighted by molar-refractivity contribution is 5.46. The monoisotopic (exact) mass is 258 g/mol. The number of nitrogens with zero attached hydrogens (tertiary/aromatic N) is 6. The van der Waals surface area contributed by atoms with Crippen molar-refractivity contribution in [3.63, 3.8) is 0 Å². The van der Waals surface area contributed by atoms with E-state index in [1.807, 2.05) is 12.1 Å². The molecule has 8 nitrogen and oxygen atoms in total. The number of aromatic nitrogens is 6. The summed E-state index contributed by atoms with van der Waals surface area (Å²) in [5.41, 5.74) is 1.14. The van der Waals surface area contributed by atoms with Gasteiger partial charge in [-0.2, -0.15) is 4.98 Å². The summed E-state index contributed by atoms with van der Waals surface area (Å²) in [7, 11) is 0. The lowest BCUT2D eigenvalue weighted by Crippen LogP contribution is -2.00. The SMILES string of the molecule is OCc1cn(Cc2nc(-c3ccccn3)no2)nn1. The second kappa shape index (κ2) is 4.94. The second-order valence-electron chi connectivity index (χ2n) is 3.79. The van der Waals surface area contributed by atoms with Crippen LogP contribution in [0.1, 0.15) is 11.6 Å². The molecule has 0 aliphatic heterocycles. The summed E-state index contributed by atoms with van der Waals surface area (Å²) in [4.78, 5) is 8.35. The van der Waals surface area contributed by atoms with Gasteiger partial charge in [-0.25, -0.2) is 4.68 Å². The summed E-state index contributed by atoms with van der Waals surface area (Å²) in [6.45, 7) is 0.149. The molecule has 0 saturated carbocycles. The van der Waals surface area contributed by atoms with Crippen LogP contribution in [0.5, 0.6) is 0 Å². The maximum atomic E-state index is 8.89. The summed E-state index contributed by atoms with van der Waals surface area (Å²) in [6, 6.07) is 5.47. The smallest absolute Gasteiger partial charge is 0.248 e. The Morgan fingerprint density at radius 3 is 3.00 bits per heavy atom. The normalized spacial score (nSPS) is 10.8. The Hall–Kier alpha value is -2.61. The average Bonchev–Trinajstić information content (AvgIpc) is 3.09. The molecule has 0 aromatic carbocycles. The van der Waals surface area contributed by atoms with Crippen LogP contribution in [0, 0.1) is 0 Å². The molecule has 0 radical (unpaired) electrons. The molecule has 0 amide bonds. The molecule has 0 aliphatic rings. The fourth-order valence-corrected chi connectivity index (χ4v) is 1.54. The highest BCUT2D eigenvalue weighted by Crippen LogP contribution is 2.12. The minimum atomic E-state index is -0.150. The van der Waals surface area contributed by atoms with Crippen molar-refractivity contribution in [1.82, 2.24) is 30.1 Å². The standard InChI is InChI=1S/C11H10N6O2/c18-7-8-5-17(16-14-8)6-10-13-11(15-19-10)9-3-1-2-4-12-9/h1-5,18H,6-7H2. The zero-order chi connectivity index (χ0) is 13.1. The van der Waals surface area contributed by atoms with E-state index in [-0.39, 0.29) is 6.61 Å². The van der Waals surface area contributed by atoms with Crippen molar-refractivity contribution in [3.8, 4) is 11.5 Å². The van der Waals surface area contributed by atoms with Gasteiger partial charge in [0, 0.05) is 6.20 Å². The van der Waals surface area contributed by atoms with Gasteiger partial charge < -0.3 is 9.63 Å². The highest BCUT2D eigenvalue weighted by Gasteiger charge is 2.10. The largest absolute Gasteiger partial charge is 0.390 e. The average molecular weight is 258 g/mol. The molecule has 0 unspecified atom stereocenters. The van der Waals surface area contributed by atoms with Gasteiger partial charge in [-0.3, -0.25) is 4.98 Å². The van der Waals surface area contributed by atoms with Crippen molar-refractivity contribution < 1.29 is 9.63 Å². The molecule has 0 spiro atoms. The quantitative estimate of drug-likeness (QED) is 0.716. The van der Waals surface area contributed by atoms with Gasteiger partial charge in [-0.1, -0.05) is 16.4 Å². The first kappa shape index (κ1) is 11.5. The molecular formula is C11H10N6O2. The molecule has 3 rings (SSSR count). The van der Waals surface area contributed by atoms with Crippen LogP contribution in [0.4, 0.5) is 0 Å². The molecular weight excluding hydrogens is 248 g/mol. The van der Waals surface area contributed by atoms with Crippen molar-refractivity contribution >= 4 is 0 Å². The maximum Gasteiger partial charge on any atom is 0.248 e. The molecule has 3 heterocycles. The first-order valence-corrected chi connectivity index (χ1v) is 5.59. The Kier molecular flexibility index (Phi) is 2.99. The van der Waals surface area contributed by atoms with E-state index >= 15 is 0 Å². The molecule has 0 fully saturated rings. The van der Waals surface area contributed by atoms with E-state index in [0.717, 1.165) is 0 Å². The number of hydrogen-bond donors (Lipinski definition) is 1. The zero-order valence-electron chi connectivity index (χ0n) is 9.84. The van der Waals surface area contributed by atoms with Crippen LogP contribution >= 0.6 is 0 Å². The van der Waals surface area contributed by atoms with Gasteiger partial charge in [0.05, 0.1) is 12.8 Å². The van der Waals surface area contributed by atoms with Gasteiger partial charge in [0.1, 0.15) is 17.9 Å². The molecule has 96 valence electrons. The van der Waals surface area contributed by atoms with Crippen LogP contribution in [-0.2, 0) is 13.2 Å². The summed E-state index contributed by atoms with van der Waals surface area (Å²) in [5, 5.41) is 20.3. The first-order chi connectivity index (χ1) is 9.35. The lowest BCUT2D eigenvalue weighted by molar-refractivity contribution is 0.276. The van der Waals surface area contributed by atoms with Gasteiger partial charge in [0.25, 0.3) is 0 Å². The van der Waals surface area contributed by atoms with E-state index in [1.54, 1.807) is 18.5 Å². The van der Waals surface area contributed by atoms with Crippen LogP contribution in [0.25, 0.3) is 11.5 Å². The molecule has 3 aromatic heterocycles. The predicted molar refractivity (Wildman–Crippen MR) is 62.6 cm³/mol. The summed E-state index contributed by atoms with van der Waals surface area (Å²) < 4.78 is 6.63. The Labute approximate surface area is 107 Å². The summed E-state index contributed by atoms with van der Waals surface area (Å²) in [6.07, 6.45) is 3.28. The predicted octanol–water partition coefficient (Wildman–Crippen LogP) is 0.264. The third-order valence-corrected chi connectivity index (χ3v) is 2.41. The molecule has 1 N–H and O–H groups in total. The fraction of sp³-hybridized carbons (Fsp3) is 0.182. The van der Waals surface area contributed by atoms with Gasteiger partial charge in [-0.15, -0.1) is 5.10 Å². The molecule has 8 heteroatoms. The minimum absolute atomic E-state index is 0.150. The van der Waals surface area contributed by atoms with Crippen molar-refractivity contribution in [3.05, 3.63) is 42.2 Å². The van der Waals surface area contributed by atoms with Crippen molar-refractivity contribution in [2.45, 2.75) is 13.2 Å². The van der Waals surface area contributed by atoms with Crippen LogP contribution in [0.2, 0.25) is 0 Å². The Balaban J connectivity index is 1.78. The van der Waals surface area contributed by atoms with Gasteiger partial charge in [0.2, 0.25) is 11.7 Å². The fourth-order valence-electron chi connectivity index (χ4n) is 1.54. The van der Waals surface area contributed by atoms with Crippen LogP contribution < -0.4 is 0 Å². The lowest BCUT2D eigenvalue weighted by atomic mass is 10.3. The molecule has 0 atom stereocenters. The number of aliphatic hydroxyl groups is 1. The molecule has 0 bridgehead atoms. The van der Waals surface area contributed by atoms with E-state index in [1.165, 1.54) is 4.68 Å². The lowest BCUT2D eigenvalue weighted by Gasteiger charge is -1.92. The van der Waals surface area contributed by atoms with Crippen molar-refractivity contribution in [2.24, 2.45) is 0 Å². The molecule has 3 aromatic rings. The van der Waals surface area contributed by atoms with Crippen LogP contribution in [-0.4, -0.2) is 35.2 Å². The van der Waals surface area contributed by atoms with Gasteiger partial charge >= 0.3 is 0 Å². The number of aliphatic hydroxyl groups excluding tert-OH is 1. The Morgan fingerprint density at radius 1 is 1.32 bits per heavy atom. The zero-order valence-corrected chi connectivity index (χ0v) is 9.84. The van der Waals surface area contributed by atoms with Crippen LogP contribution in [0.15, 0.2) is 35.1 Å². The van der Waals surface area contributed by atoms with Gasteiger partial charge in [0.15, 0.2) is 0 Å². The Morgan fingerprint density at radius 2 is 2.26 bits per heavy atom. The van der Waals surface area contributed by atoms with E-state index in [2.05, 4.69) is 25.4 Å². The molecule has 0 aliphatic carbocycles. The topological polar surface area (TPSA) is 103 Å². The Bertz CT molecular complexity index is 663. The number of rotatable bonds is 4. The van der Waals surface area contributed by atoms with E-state index in [4.69, 9.17) is 9.63 Å². The van der Waals surface area contributed by atoms with Crippen molar-refractivity contribution in [1.29, 1.82) is 0 Å². The first-order valence-electron chi connectivity index (χ1n) is 5.59. The number of hydrogen-bond acceptors (Lipinski definition) is 7.